The van der Waals surface area contributed by atoms with Crippen LogP contribution in [0.1, 0.15) is 22.3 Å². The highest BCUT2D eigenvalue weighted by molar-refractivity contribution is 8.18. The van der Waals surface area contributed by atoms with Crippen LogP contribution in [0.4, 0.5) is 9.18 Å². The number of aryl methyl sites for hydroxylation is 1. The van der Waals surface area contributed by atoms with Gasteiger partial charge in [-0.15, -0.1) is 0 Å². The van der Waals surface area contributed by atoms with Gasteiger partial charge in [0.2, 0.25) is 0 Å². The number of hydrogen-bond acceptors (Lipinski definition) is 5. The zero-order chi connectivity index (χ0) is 24.2. The molecule has 1 aliphatic heterocycles. The topological polar surface area (TPSA) is 55.8 Å². The predicted molar refractivity (Wildman–Crippen MR) is 131 cm³/mol. The Hall–Kier alpha value is -3.29. The lowest BCUT2D eigenvalue weighted by atomic mass is 10.1. The maximum atomic E-state index is 14.0. The van der Waals surface area contributed by atoms with Crippen LogP contribution in [-0.2, 0) is 17.9 Å². The van der Waals surface area contributed by atoms with Crippen LogP contribution in [0.5, 0.6) is 11.5 Å². The molecule has 4 rings (SSSR count). The molecular weight excluding hydrogens is 477 g/mol. The molecule has 3 aromatic rings. The zero-order valence-electron chi connectivity index (χ0n) is 18.5. The number of ether oxygens (including phenoxy) is 2. The molecule has 0 spiro atoms. The maximum Gasteiger partial charge on any atom is 0.293 e. The first-order chi connectivity index (χ1) is 16.4. The van der Waals surface area contributed by atoms with E-state index in [0.717, 1.165) is 22.9 Å². The molecule has 5 nitrogen and oxygen atoms in total. The molecule has 0 saturated carbocycles. The molecule has 0 N–H and O–H groups in total. The summed E-state index contributed by atoms with van der Waals surface area (Å²) in [5.74, 6) is 0.00110. The number of rotatable bonds is 7. The molecule has 2 amide bonds. The third-order valence-electron chi connectivity index (χ3n) is 5.22. The van der Waals surface area contributed by atoms with Gasteiger partial charge in [-0.25, -0.2) is 4.39 Å². The average molecular weight is 498 g/mol. The Bertz CT molecular complexity index is 1270. The summed E-state index contributed by atoms with van der Waals surface area (Å²) in [7, 11) is 1.48. The molecule has 174 valence electrons. The van der Waals surface area contributed by atoms with Gasteiger partial charge in [0, 0.05) is 5.56 Å². The highest BCUT2D eigenvalue weighted by atomic mass is 35.5. The molecule has 0 aliphatic carbocycles. The largest absolute Gasteiger partial charge is 0.493 e. The summed E-state index contributed by atoms with van der Waals surface area (Å²) in [6.45, 7) is 2.11. The maximum absolute atomic E-state index is 14.0. The number of nitrogens with zero attached hydrogens (tertiary/aromatic N) is 1. The van der Waals surface area contributed by atoms with Gasteiger partial charge in [0.1, 0.15) is 12.4 Å². The second-order valence-corrected chi connectivity index (χ2v) is 9.06. The van der Waals surface area contributed by atoms with Crippen molar-refractivity contribution in [2.24, 2.45) is 0 Å². The van der Waals surface area contributed by atoms with Gasteiger partial charge in [0.05, 0.1) is 23.6 Å². The van der Waals surface area contributed by atoms with E-state index in [1.807, 2.05) is 31.2 Å². The van der Waals surface area contributed by atoms with Crippen LogP contribution >= 0.6 is 23.4 Å². The van der Waals surface area contributed by atoms with Crippen molar-refractivity contribution in [1.82, 2.24) is 4.90 Å². The normalized spacial score (nSPS) is 14.7. The Morgan fingerprint density at radius 3 is 2.59 bits per heavy atom. The number of methoxy groups -OCH3 is 1. The van der Waals surface area contributed by atoms with Gasteiger partial charge < -0.3 is 9.47 Å². The number of carbonyl (C=O) groups excluding carboxylic acids is 2. The molecule has 0 aromatic heterocycles. The molecular formula is C26H21ClFNO4S. The lowest BCUT2D eigenvalue weighted by Gasteiger charge is -2.13. The summed E-state index contributed by atoms with van der Waals surface area (Å²) in [4.78, 5) is 26.9. The monoisotopic (exact) mass is 497 g/mol. The summed E-state index contributed by atoms with van der Waals surface area (Å²) >= 11 is 6.96. The van der Waals surface area contributed by atoms with E-state index in [4.69, 9.17) is 21.1 Å². The fraction of sp³-hybridized carbons (Fsp3) is 0.154. The molecule has 1 aliphatic rings. The van der Waals surface area contributed by atoms with Crippen LogP contribution in [0, 0.1) is 12.7 Å². The van der Waals surface area contributed by atoms with E-state index in [1.165, 1.54) is 24.1 Å². The lowest BCUT2D eigenvalue weighted by molar-refractivity contribution is -0.123. The van der Waals surface area contributed by atoms with Gasteiger partial charge in [0.25, 0.3) is 11.1 Å². The van der Waals surface area contributed by atoms with Crippen molar-refractivity contribution in [3.63, 3.8) is 0 Å². The first-order valence-corrected chi connectivity index (χ1v) is 11.6. The number of thioether (sulfide) groups is 1. The highest BCUT2D eigenvalue weighted by Crippen LogP contribution is 2.35. The van der Waals surface area contributed by atoms with E-state index in [-0.39, 0.29) is 34.9 Å². The Kier molecular flexibility index (Phi) is 7.24. The van der Waals surface area contributed by atoms with Crippen molar-refractivity contribution in [1.29, 1.82) is 0 Å². The van der Waals surface area contributed by atoms with Gasteiger partial charge in [-0.2, -0.15) is 0 Å². The second kappa shape index (κ2) is 10.3. The van der Waals surface area contributed by atoms with Gasteiger partial charge in [0.15, 0.2) is 11.5 Å². The average Bonchev–Trinajstić information content (AvgIpc) is 3.06. The van der Waals surface area contributed by atoms with Crippen molar-refractivity contribution < 1.29 is 23.5 Å². The van der Waals surface area contributed by atoms with Crippen molar-refractivity contribution in [3.05, 3.63) is 98.7 Å². The summed E-state index contributed by atoms with van der Waals surface area (Å²) in [6.07, 6.45) is 1.64. The molecule has 0 unspecified atom stereocenters. The molecule has 1 fully saturated rings. The van der Waals surface area contributed by atoms with Crippen LogP contribution in [0.15, 0.2) is 65.6 Å². The molecule has 0 atom stereocenters. The van der Waals surface area contributed by atoms with Crippen molar-refractivity contribution in [2.45, 2.75) is 20.1 Å². The number of hydrogen-bond donors (Lipinski definition) is 0. The molecule has 34 heavy (non-hydrogen) atoms. The van der Waals surface area contributed by atoms with Gasteiger partial charge >= 0.3 is 0 Å². The van der Waals surface area contributed by atoms with E-state index < -0.39 is 5.82 Å². The fourth-order valence-corrected chi connectivity index (χ4v) is 4.55. The van der Waals surface area contributed by atoms with Gasteiger partial charge in [-0.05, 0) is 60.2 Å². The SMILES string of the molecule is COc1cc(/C=C2\SC(=O)N(Cc3cccc(C)c3)C2=O)ccc1OCc1c(F)cccc1Cl. The zero-order valence-corrected chi connectivity index (χ0v) is 20.1. The highest BCUT2D eigenvalue weighted by Gasteiger charge is 2.35. The molecule has 8 heteroatoms. The fourth-order valence-electron chi connectivity index (χ4n) is 3.49. The quantitative estimate of drug-likeness (QED) is 0.344. The standard InChI is InChI=1S/C26H21ClFNO4S/c1-16-5-3-6-18(11-16)14-29-25(30)24(34-26(29)31)13-17-9-10-22(23(12-17)32-2)33-15-19-20(27)7-4-8-21(19)28/h3-13H,14-15H2,1-2H3/b24-13-. The van der Waals surface area contributed by atoms with E-state index in [2.05, 4.69) is 0 Å². The number of carbonyl (C=O) groups is 2. The smallest absolute Gasteiger partial charge is 0.293 e. The third-order valence-corrected chi connectivity index (χ3v) is 6.48. The summed E-state index contributed by atoms with van der Waals surface area (Å²) in [5.41, 5.74) is 2.86. The summed E-state index contributed by atoms with van der Waals surface area (Å²) in [5, 5.41) is -0.0385. The summed E-state index contributed by atoms with van der Waals surface area (Å²) in [6, 6.07) is 17.2. The van der Waals surface area contributed by atoms with Crippen LogP contribution in [0.2, 0.25) is 5.02 Å². The minimum atomic E-state index is -0.454. The second-order valence-electron chi connectivity index (χ2n) is 7.66. The van der Waals surface area contributed by atoms with E-state index in [0.29, 0.717) is 22.0 Å². The Labute approximate surface area is 206 Å². The van der Waals surface area contributed by atoms with Gasteiger partial charge in [-0.3, -0.25) is 14.5 Å². The number of halogens is 2. The molecule has 1 heterocycles. The van der Waals surface area contributed by atoms with Crippen LogP contribution in [0.3, 0.4) is 0 Å². The van der Waals surface area contributed by atoms with E-state index in [9.17, 15) is 14.0 Å². The molecule has 0 bridgehead atoms. The molecule has 1 saturated heterocycles. The minimum absolute atomic E-state index is 0.0704. The number of imide groups is 1. The Balaban J connectivity index is 1.50. The molecule has 3 aromatic carbocycles. The molecule has 0 radical (unpaired) electrons. The van der Waals surface area contributed by atoms with E-state index in [1.54, 1.807) is 30.3 Å². The first-order valence-electron chi connectivity index (χ1n) is 10.4. The van der Waals surface area contributed by atoms with Crippen LogP contribution < -0.4 is 9.47 Å². The van der Waals surface area contributed by atoms with Crippen molar-refractivity contribution >= 4 is 40.6 Å². The van der Waals surface area contributed by atoms with Gasteiger partial charge in [-0.1, -0.05) is 53.6 Å². The van der Waals surface area contributed by atoms with Crippen molar-refractivity contribution in [3.8, 4) is 11.5 Å². The lowest BCUT2D eigenvalue weighted by Crippen LogP contribution is -2.27. The number of amides is 2. The summed E-state index contributed by atoms with van der Waals surface area (Å²) < 4.78 is 25.2. The van der Waals surface area contributed by atoms with Crippen LogP contribution in [-0.4, -0.2) is 23.2 Å². The number of benzene rings is 3. The minimum Gasteiger partial charge on any atom is -0.493 e. The van der Waals surface area contributed by atoms with Crippen LogP contribution in [0.25, 0.3) is 6.08 Å². The van der Waals surface area contributed by atoms with Crippen molar-refractivity contribution in [2.75, 3.05) is 7.11 Å². The third kappa shape index (κ3) is 5.26. The Morgan fingerprint density at radius 1 is 1.06 bits per heavy atom. The predicted octanol–water partition coefficient (Wildman–Crippen LogP) is 6.61. The Morgan fingerprint density at radius 2 is 1.85 bits per heavy atom. The van der Waals surface area contributed by atoms with E-state index >= 15 is 0 Å². The first kappa shape index (κ1) is 23.9.